The molecule has 0 aromatic heterocycles. The highest BCUT2D eigenvalue weighted by Gasteiger charge is 2.32. The fourth-order valence-corrected chi connectivity index (χ4v) is 4.95. The molecule has 3 N–H and O–H groups in total. The fraction of sp³-hybridized carbons (Fsp3) is 0.226. The van der Waals surface area contributed by atoms with Crippen molar-refractivity contribution in [2.45, 2.75) is 33.4 Å². The van der Waals surface area contributed by atoms with Gasteiger partial charge < -0.3 is 24.8 Å². The van der Waals surface area contributed by atoms with E-state index in [1.54, 1.807) is 32.0 Å². The number of halogens is 1. The number of carbonyl (C=O) groups excluding carboxylic acids is 2. The third-order valence-electron chi connectivity index (χ3n) is 6.23. The normalized spacial score (nSPS) is 14.7. The molecule has 0 spiro atoms. The second-order valence-electron chi connectivity index (χ2n) is 9.37. The van der Waals surface area contributed by atoms with Gasteiger partial charge in [0.15, 0.2) is 11.7 Å². The van der Waals surface area contributed by atoms with Gasteiger partial charge in [-0.25, -0.2) is 10.2 Å². The molecule has 0 saturated heterocycles. The van der Waals surface area contributed by atoms with E-state index in [0.29, 0.717) is 40.1 Å². The zero-order valence-electron chi connectivity index (χ0n) is 23.4. The average Bonchev–Trinajstić information content (AvgIpc) is 2.96. The van der Waals surface area contributed by atoms with Crippen molar-refractivity contribution >= 4 is 51.4 Å². The number of hydrogen-bond acceptors (Lipinski definition) is 7. The summed E-state index contributed by atoms with van der Waals surface area (Å²) in [6, 6.07) is 20.2. The first-order chi connectivity index (χ1) is 20.2. The summed E-state index contributed by atoms with van der Waals surface area (Å²) in [7, 11) is 0. The monoisotopic (exact) mass is 650 g/mol. The van der Waals surface area contributed by atoms with E-state index >= 15 is 0 Å². The van der Waals surface area contributed by atoms with Crippen LogP contribution in [0.3, 0.4) is 0 Å². The number of nitrogens with one attached hydrogen (secondary N) is 3. The molecule has 42 heavy (non-hydrogen) atoms. The van der Waals surface area contributed by atoms with Gasteiger partial charge in [0.05, 0.1) is 28.9 Å². The van der Waals surface area contributed by atoms with E-state index in [1.807, 2.05) is 55.5 Å². The van der Waals surface area contributed by atoms with E-state index in [2.05, 4.69) is 37.1 Å². The Labute approximate surface area is 258 Å². The molecule has 0 bridgehead atoms. The molecule has 4 rings (SSSR count). The van der Waals surface area contributed by atoms with E-state index in [4.69, 9.17) is 26.4 Å². The van der Waals surface area contributed by atoms with E-state index in [0.717, 1.165) is 15.6 Å². The third kappa shape index (κ3) is 8.17. The number of carbonyl (C=O) groups is 2. The van der Waals surface area contributed by atoms with Crippen molar-refractivity contribution in [2.24, 2.45) is 5.10 Å². The predicted octanol–water partition coefficient (Wildman–Crippen LogP) is 5.22. The lowest BCUT2D eigenvalue weighted by Gasteiger charge is -2.30. The van der Waals surface area contributed by atoms with Crippen LogP contribution in [0.2, 0.25) is 0 Å². The van der Waals surface area contributed by atoms with E-state index in [9.17, 15) is 9.59 Å². The Morgan fingerprint density at radius 3 is 2.55 bits per heavy atom. The molecule has 1 atom stereocenters. The van der Waals surface area contributed by atoms with Crippen LogP contribution in [0.25, 0.3) is 0 Å². The molecule has 1 aliphatic rings. The van der Waals surface area contributed by atoms with Crippen LogP contribution in [-0.4, -0.2) is 36.4 Å². The molecular formula is C31H31BrN4O5S. The molecule has 1 aliphatic heterocycles. The highest BCUT2D eigenvalue weighted by Crippen LogP contribution is 2.33. The molecule has 0 unspecified atom stereocenters. The maximum absolute atomic E-state index is 12.7. The minimum Gasteiger partial charge on any atom is -0.488 e. The summed E-state index contributed by atoms with van der Waals surface area (Å²) in [5, 5.41) is 10.5. The average molecular weight is 652 g/mol. The van der Waals surface area contributed by atoms with Crippen molar-refractivity contribution in [3.8, 4) is 11.5 Å². The van der Waals surface area contributed by atoms with Crippen molar-refractivity contribution in [3.63, 3.8) is 0 Å². The third-order valence-corrected chi connectivity index (χ3v) is 7.07. The summed E-state index contributed by atoms with van der Waals surface area (Å²) in [5.74, 6) is 0.189. The summed E-state index contributed by atoms with van der Waals surface area (Å²) < 4.78 is 17.8. The topological polar surface area (TPSA) is 110 Å². The lowest BCUT2D eigenvalue weighted by molar-refractivity contribution is -0.139. The SMILES string of the molecule is CCOC(=O)C1=C(C)NC(=S)N[C@@H]1c1ccccc1OCC(=O)NN=Cc1ccc(OCc2ccc(C)cc2)c(Br)c1. The van der Waals surface area contributed by atoms with Crippen LogP contribution in [0.1, 0.15) is 42.1 Å². The molecule has 3 aromatic carbocycles. The number of thiocarbonyl (C=S) groups is 1. The first-order valence-electron chi connectivity index (χ1n) is 13.2. The van der Waals surface area contributed by atoms with Crippen LogP contribution in [0.15, 0.2) is 87.6 Å². The molecule has 0 saturated carbocycles. The van der Waals surface area contributed by atoms with E-state index in [1.165, 1.54) is 11.8 Å². The number of para-hydroxylation sites is 1. The largest absolute Gasteiger partial charge is 0.488 e. The Bertz CT molecular complexity index is 1520. The molecule has 11 heteroatoms. The summed E-state index contributed by atoms with van der Waals surface area (Å²) in [5.41, 5.74) is 7.11. The Morgan fingerprint density at radius 1 is 1.05 bits per heavy atom. The lowest BCUT2D eigenvalue weighted by Crippen LogP contribution is -2.45. The van der Waals surface area contributed by atoms with Crippen LogP contribution in [-0.2, 0) is 20.9 Å². The summed E-state index contributed by atoms with van der Waals surface area (Å²) in [6.45, 7) is 5.93. The van der Waals surface area contributed by atoms with Crippen molar-refractivity contribution in [3.05, 3.63) is 105 Å². The lowest BCUT2D eigenvalue weighted by atomic mass is 9.95. The number of benzene rings is 3. The van der Waals surface area contributed by atoms with Gasteiger partial charge in [-0.2, -0.15) is 5.10 Å². The van der Waals surface area contributed by atoms with Gasteiger partial charge in [-0.1, -0.05) is 48.0 Å². The molecule has 0 aliphatic carbocycles. The highest BCUT2D eigenvalue weighted by atomic mass is 79.9. The van der Waals surface area contributed by atoms with Crippen molar-refractivity contribution in [1.82, 2.24) is 16.1 Å². The maximum atomic E-state index is 12.7. The highest BCUT2D eigenvalue weighted by molar-refractivity contribution is 9.10. The first kappa shape index (κ1) is 30.7. The van der Waals surface area contributed by atoms with Crippen LogP contribution < -0.4 is 25.5 Å². The van der Waals surface area contributed by atoms with Gasteiger partial charge in [-0.05, 0) is 84.3 Å². The summed E-state index contributed by atoms with van der Waals surface area (Å²) in [4.78, 5) is 25.2. The molecular weight excluding hydrogens is 620 g/mol. The number of rotatable bonds is 11. The van der Waals surface area contributed by atoms with Gasteiger partial charge in [0.2, 0.25) is 0 Å². The van der Waals surface area contributed by atoms with Crippen LogP contribution in [0, 0.1) is 6.92 Å². The molecule has 0 radical (unpaired) electrons. The van der Waals surface area contributed by atoms with Crippen molar-refractivity contribution in [1.29, 1.82) is 0 Å². The predicted molar refractivity (Wildman–Crippen MR) is 168 cm³/mol. The zero-order chi connectivity index (χ0) is 30.1. The van der Waals surface area contributed by atoms with Crippen molar-refractivity contribution in [2.75, 3.05) is 13.2 Å². The number of hydrazone groups is 1. The minimum atomic E-state index is -0.614. The van der Waals surface area contributed by atoms with Crippen LogP contribution >= 0.6 is 28.1 Å². The Hall–Kier alpha value is -4.22. The molecule has 9 nitrogen and oxygen atoms in total. The number of aryl methyl sites for hydroxylation is 1. The smallest absolute Gasteiger partial charge is 0.338 e. The van der Waals surface area contributed by atoms with Crippen molar-refractivity contribution < 1.29 is 23.8 Å². The Kier molecular flexibility index (Phi) is 10.7. The van der Waals surface area contributed by atoms with Crippen LogP contribution in [0.4, 0.5) is 0 Å². The first-order valence-corrected chi connectivity index (χ1v) is 14.4. The maximum Gasteiger partial charge on any atom is 0.338 e. The van der Waals surface area contributed by atoms with Gasteiger partial charge in [-0.15, -0.1) is 0 Å². The van der Waals surface area contributed by atoms with Gasteiger partial charge in [0.25, 0.3) is 5.91 Å². The van der Waals surface area contributed by atoms with Gasteiger partial charge >= 0.3 is 5.97 Å². The number of hydrogen-bond donors (Lipinski definition) is 3. The molecule has 3 aromatic rings. The summed E-state index contributed by atoms with van der Waals surface area (Å²) in [6.07, 6.45) is 1.53. The van der Waals surface area contributed by atoms with E-state index in [-0.39, 0.29) is 13.2 Å². The number of esters is 1. The molecule has 1 amide bonds. The number of amides is 1. The number of allylic oxidation sites excluding steroid dienone is 1. The zero-order valence-corrected chi connectivity index (χ0v) is 25.8. The number of nitrogens with zero attached hydrogens (tertiary/aromatic N) is 1. The van der Waals surface area contributed by atoms with Crippen LogP contribution in [0.5, 0.6) is 11.5 Å². The second-order valence-corrected chi connectivity index (χ2v) is 10.6. The summed E-state index contributed by atoms with van der Waals surface area (Å²) >= 11 is 8.84. The molecule has 218 valence electrons. The quantitative estimate of drug-likeness (QED) is 0.112. The van der Waals surface area contributed by atoms with Gasteiger partial charge in [0, 0.05) is 11.3 Å². The fourth-order valence-electron chi connectivity index (χ4n) is 4.17. The minimum absolute atomic E-state index is 0.231. The molecule has 1 heterocycles. The standard InChI is InChI=1S/C31H31BrN4O5S/c1-4-39-30(38)28-20(3)34-31(42)35-29(28)23-7-5-6-8-25(23)41-18-27(37)36-33-16-22-13-14-26(24(32)15-22)40-17-21-11-9-19(2)10-12-21/h5-16,29H,4,17-18H2,1-3H3,(H,36,37)(H2,34,35,42)/t29-/m1/s1. The molecule has 0 fully saturated rings. The number of ether oxygens (including phenoxy) is 3. The Balaban J connectivity index is 1.34. The van der Waals surface area contributed by atoms with E-state index < -0.39 is 17.9 Å². The van der Waals surface area contributed by atoms with Gasteiger partial charge in [-0.3, -0.25) is 4.79 Å². The van der Waals surface area contributed by atoms with Gasteiger partial charge in [0.1, 0.15) is 18.1 Å². The Morgan fingerprint density at radius 2 is 1.81 bits per heavy atom. The second kappa shape index (κ2) is 14.6.